The maximum absolute atomic E-state index is 12.2. The Bertz CT molecular complexity index is 570. The molecule has 0 aliphatic rings. The molecule has 0 aliphatic carbocycles. The van der Waals surface area contributed by atoms with Crippen molar-refractivity contribution in [2.45, 2.75) is 26.3 Å². The fourth-order valence-corrected chi connectivity index (χ4v) is 2.01. The van der Waals surface area contributed by atoms with Crippen LogP contribution in [0, 0.1) is 16.0 Å². The van der Waals surface area contributed by atoms with E-state index in [0.29, 0.717) is 6.42 Å². The van der Waals surface area contributed by atoms with Gasteiger partial charge in [-0.15, -0.1) is 0 Å². The molecule has 0 saturated carbocycles. The molecule has 0 aromatic heterocycles. The van der Waals surface area contributed by atoms with E-state index in [9.17, 15) is 19.7 Å². The Morgan fingerprint density at radius 2 is 1.95 bits per heavy atom. The SMILES string of the molecule is CC(C)CC(NC(=O)c1cccc([N+](=O)[O-])c1)C(=O)N(C)C. The summed E-state index contributed by atoms with van der Waals surface area (Å²) in [6.45, 7) is 3.91. The van der Waals surface area contributed by atoms with Gasteiger partial charge in [0.2, 0.25) is 5.91 Å². The number of non-ortho nitro benzene ring substituents is 1. The monoisotopic (exact) mass is 307 g/mol. The van der Waals surface area contributed by atoms with E-state index < -0.39 is 16.9 Å². The molecule has 0 radical (unpaired) electrons. The maximum atomic E-state index is 12.2. The number of hydrogen-bond acceptors (Lipinski definition) is 4. The van der Waals surface area contributed by atoms with Gasteiger partial charge in [-0.05, 0) is 18.4 Å². The van der Waals surface area contributed by atoms with Crippen molar-refractivity contribution in [3.05, 3.63) is 39.9 Å². The van der Waals surface area contributed by atoms with Crippen molar-refractivity contribution in [2.75, 3.05) is 14.1 Å². The molecule has 7 heteroatoms. The highest BCUT2D eigenvalue weighted by Crippen LogP contribution is 2.14. The summed E-state index contributed by atoms with van der Waals surface area (Å²) in [7, 11) is 3.24. The predicted molar refractivity (Wildman–Crippen MR) is 82.5 cm³/mol. The summed E-state index contributed by atoms with van der Waals surface area (Å²) in [6, 6.07) is 4.78. The lowest BCUT2D eigenvalue weighted by atomic mass is 10.0. The predicted octanol–water partition coefficient (Wildman–Crippen LogP) is 1.83. The van der Waals surface area contributed by atoms with Crippen molar-refractivity contribution in [1.82, 2.24) is 10.2 Å². The van der Waals surface area contributed by atoms with Gasteiger partial charge >= 0.3 is 0 Å². The third-order valence-electron chi connectivity index (χ3n) is 3.07. The van der Waals surface area contributed by atoms with Crippen molar-refractivity contribution < 1.29 is 14.5 Å². The first-order chi connectivity index (χ1) is 10.2. The van der Waals surface area contributed by atoms with Crippen molar-refractivity contribution in [1.29, 1.82) is 0 Å². The fourth-order valence-electron chi connectivity index (χ4n) is 2.01. The fraction of sp³-hybridized carbons (Fsp3) is 0.467. The molecule has 1 N–H and O–H groups in total. The summed E-state index contributed by atoms with van der Waals surface area (Å²) >= 11 is 0. The molecule has 0 saturated heterocycles. The largest absolute Gasteiger partial charge is 0.347 e. The number of carbonyl (C=O) groups excluding carboxylic acids is 2. The van der Waals surface area contributed by atoms with Gasteiger partial charge < -0.3 is 10.2 Å². The minimum Gasteiger partial charge on any atom is -0.347 e. The first kappa shape index (κ1) is 17.6. The van der Waals surface area contributed by atoms with Crippen LogP contribution in [0.1, 0.15) is 30.6 Å². The van der Waals surface area contributed by atoms with Crippen LogP contribution in [-0.4, -0.2) is 41.8 Å². The van der Waals surface area contributed by atoms with E-state index in [1.807, 2.05) is 13.8 Å². The molecule has 0 spiro atoms. The van der Waals surface area contributed by atoms with Crippen LogP contribution in [0.2, 0.25) is 0 Å². The molecule has 1 atom stereocenters. The van der Waals surface area contributed by atoms with Crippen LogP contribution in [0.3, 0.4) is 0 Å². The minimum atomic E-state index is -0.651. The first-order valence-electron chi connectivity index (χ1n) is 6.98. The average molecular weight is 307 g/mol. The highest BCUT2D eigenvalue weighted by molar-refractivity contribution is 5.97. The van der Waals surface area contributed by atoms with Crippen molar-refractivity contribution in [3.8, 4) is 0 Å². The molecule has 0 heterocycles. The number of likely N-dealkylation sites (N-methyl/N-ethyl adjacent to an activating group) is 1. The molecule has 1 rings (SSSR count). The number of nitrogens with zero attached hydrogens (tertiary/aromatic N) is 2. The van der Waals surface area contributed by atoms with E-state index >= 15 is 0 Å². The first-order valence-corrected chi connectivity index (χ1v) is 6.98. The molecule has 22 heavy (non-hydrogen) atoms. The third-order valence-corrected chi connectivity index (χ3v) is 3.07. The molecule has 1 unspecified atom stereocenters. The van der Waals surface area contributed by atoms with Gasteiger partial charge in [0, 0.05) is 31.8 Å². The average Bonchev–Trinajstić information content (AvgIpc) is 2.45. The van der Waals surface area contributed by atoms with Crippen LogP contribution in [0.15, 0.2) is 24.3 Å². The molecule has 120 valence electrons. The number of benzene rings is 1. The van der Waals surface area contributed by atoms with Crippen molar-refractivity contribution in [3.63, 3.8) is 0 Å². The lowest BCUT2D eigenvalue weighted by Gasteiger charge is -2.23. The molecular formula is C15H21N3O4. The van der Waals surface area contributed by atoms with Gasteiger partial charge in [0.25, 0.3) is 11.6 Å². The summed E-state index contributed by atoms with van der Waals surface area (Å²) in [4.78, 5) is 36.0. The van der Waals surface area contributed by atoms with Gasteiger partial charge in [0.15, 0.2) is 0 Å². The Balaban J connectivity index is 2.93. The van der Waals surface area contributed by atoms with Gasteiger partial charge in [-0.25, -0.2) is 0 Å². The van der Waals surface area contributed by atoms with Gasteiger partial charge in [-0.3, -0.25) is 19.7 Å². The van der Waals surface area contributed by atoms with Crippen molar-refractivity contribution >= 4 is 17.5 Å². The Labute approximate surface area is 129 Å². The molecular weight excluding hydrogens is 286 g/mol. The molecule has 0 fully saturated rings. The molecule has 0 bridgehead atoms. The van der Waals surface area contributed by atoms with Crippen LogP contribution in [0.4, 0.5) is 5.69 Å². The lowest BCUT2D eigenvalue weighted by Crippen LogP contribution is -2.46. The Kier molecular flexibility index (Phi) is 6.03. The van der Waals surface area contributed by atoms with E-state index in [2.05, 4.69) is 5.32 Å². The van der Waals surface area contributed by atoms with Gasteiger partial charge in [-0.1, -0.05) is 19.9 Å². The molecule has 0 aliphatic heterocycles. The normalized spacial score (nSPS) is 11.9. The Morgan fingerprint density at radius 3 is 2.45 bits per heavy atom. The summed E-state index contributed by atoms with van der Waals surface area (Å²) in [6.07, 6.45) is 0.498. The number of rotatable bonds is 6. The van der Waals surface area contributed by atoms with Crippen LogP contribution in [-0.2, 0) is 4.79 Å². The number of hydrogen-bond donors (Lipinski definition) is 1. The Morgan fingerprint density at radius 1 is 1.32 bits per heavy atom. The second kappa shape index (κ2) is 7.53. The van der Waals surface area contributed by atoms with Crippen LogP contribution in [0.5, 0.6) is 0 Å². The summed E-state index contributed by atoms with van der Waals surface area (Å²) in [5.74, 6) is -0.476. The van der Waals surface area contributed by atoms with E-state index in [-0.39, 0.29) is 23.1 Å². The van der Waals surface area contributed by atoms with E-state index in [4.69, 9.17) is 0 Å². The number of nitrogens with one attached hydrogen (secondary N) is 1. The van der Waals surface area contributed by atoms with Crippen LogP contribution in [0.25, 0.3) is 0 Å². The second-order valence-corrected chi connectivity index (χ2v) is 5.70. The topological polar surface area (TPSA) is 92.5 Å². The summed E-state index contributed by atoms with van der Waals surface area (Å²) < 4.78 is 0. The van der Waals surface area contributed by atoms with Crippen molar-refractivity contribution in [2.24, 2.45) is 5.92 Å². The van der Waals surface area contributed by atoms with Gasteiger partial charge in [0.1, 0.15) is 6.04 Å². The standard InChI is InChI=1S/C15H21N3O4/c1-10(2)8-13(15(20)17(3)4)16-14(19)11-6-5-7-12(9-11)18(21)22/h5-7,9-10,13H,8H2,1-4H3,(H,16,19). The minimum absolute atomic E-state index is 0.160. The molecule has 1 aromatic rings. The zero-order valence-electron chi connectivity index (χ0n) is 13.2. The summed E-state index contributed by atoms with van der Waals surface area (Å²) in [5, 5.41) is 13.4. The number of nitro groups is 1. The molecule has 7 nitrogen and oxygen atoms in total. The smallest absolute Gasteiger partial charge is 0.270 e. The maximum Gasteiger partial charge on any atom is 0.270 e. The van der Waals surface area contributed by atoms with Crippen LogP contribution < -0.4 is 5.32 Å². The van der Waals surface area contributed by atoms with Crippen LogP contribution >= 0.6 is 0 Å². The van der Waals surface area contributed by atoms with E-state index in [1.54, 1.807) is 14.1 Å². The molecule has 2 amide bonds. The third kappa shape index (κ3) is 4.83. The molecule has 1 aromatic carbocycles. The van der Waals surface area contributed by atoms with E-state index in [1.165, 1.54) is 29.2 Å². The summed E-state index contributed by atoms with van der Waals surface area (Å²) in [5.41, 5.74) is 0.00140. The zero-order chi connectivity index (χ0) is 16.9. The number of amides is 2. The second-order valence-electron chi connectivity index (χ2n) is 5.70. The zero-order valence-corrected chi connectivity index (χ0v) is 13.2. The van der Waals surface area contributed by atoms with E-state index in [0.717, 1.165) is 0 Å². The number of carbonyl (C=O) groups is 2. The highest BCUT2D eigenvalue weighted by atomic mass is 16.6. The van der Waals surface area contributed by atoms with Gasteiger partial charge in [-0.2, -0.15) is 0 Å². The van der Waals surface area contributed by atoms with Gasteiger partial charge in [0.05, 0.1) is 4.92 Å². The number of nitro benzene ring substituents is 1. The Hall–Kier alpha value is -2.44. The highest BCUT2D eigenvalue weighted by Gasteiger charge is 2.24. The quantitative estimate of drug-likeness (QED) is 0.641. The lowest BCUT2D eigenvalue weighted by molar-refractivity contribution is -0.384.